The molecule has 0 radical (unpaired) electrons. The quantitative estimate of drug-likeness (QED) is 0.672. The Morgan fingerprint density at radius 3 is 2.95 bits per heavy atom. The first kappa shape index (κ1) is 13.7. The monoisotopic (exact) mass is 295 g/mol. The number of nitrogens with two attached hydrogens (primary N) is 1. The third kappa shape index (κ3) is 3.87. The highest BCUT2D eigenvalue weighted by atomic mass is 35.5. The minimum absolute atomic E-state index is 0.356. The summed E-state index contributed by atoms with van der Waals surface area (Å²) in [4.78, 5) is 5.42. The van der Waals surface area contributed by atoms with E-state index in [-0.39, 0.29) is 0 Å². The highest BCUT2D eigenvalue weighted by molar-refractivity contribution is 7.09. The van der Waals surface area contributed by atoms with Gasteiger partial charge < -0.3 is 15.8 Å². The fourth-order valence-corrected chi connectivity index (χ4v) is 2.38. The Hall–Kier alpha value is -1.72. The van der Waals surface area contributed by atoms with E-state index in [1.807, 2.05) is 23.6 Å². The summed E-state index contributed by atoms with van der Waals surface area (Å²) in [5, 5.41) is 5.53. The molecule has 0 aliphatic carbocycles. The molecule has 0 aliphatic rings. The summed E-state index contributed by atoms with van der Waals surface area (Å²) in [6.45, 7) is 0.570. The Morgan fingerprint density at radius 2 is 2.32 bits per heavy atom. The van der Waals surface area contributed by atoms with Crippen LogP contribution in [-0.4, -0.2) is 13.1 Å². The molecule has 2 rings (SSSR count). The Labute approximate surface area is 120 Å². The van der Waals surface area contributed by atoms with Crippen molar-refractivity contribution in [3.8, 4) is 5.75 Å². The lowest BCUT2D eigenvalue weighted by Gasteiger charge is -2.08. The number of hydrogen-bond acceptors (Lipinski definition) is 3. The van der Waals surface area contributed by atoms with Gasteiger partial charge in [0.15, 0.2) is 5.96 Å². The second-order valence-corrected chi connectivity index (χ2v) is 5.19. The van der Waals surface area contributed by atoms with Crippen LogP contribution >= 0.6 is 22.9 Å². The van der Waals surface area contributed by atoms with Crippen LogP contribution < -0.4 is 15.8 Å². The molecule has 6 heteroatoms. The summed E-state index contributed by atoms with van der Waals surface area (Å²) >= 11 is 7.68. The van der Waals surface area contributed by atoms with Crippen LogP contribution in [0, 0.1) is 0 Å². The van der Waals surface area contributed by atoms with E-state index in [1.165, 1.54) is 0 Å². The first-order chi connectivity index (χ1) is 9.19. The summed E-state index contributed by atoms with van der Waals surface area (Å²) in [6.07, 6.45) is 0. The van der Waals surface area contributed by atoms with Crippen LogP contribution in [0.25, 0.3) is 0 Å². The van der Waals surface area contributed by atoms with Gasteiger partial charge in [-0.25, -0.2) is 4.99 Å². The number of thiophene rings is 1. The first-order valence-corrected chi connectivity index (χ1v) is 6.87. The van der Waals surface area contributed by atoms with E-state index in [1.54, 1.807) is 30.6 Å². The third-order valence-corrected chi connectivity index (χ3v) is 3.57. The number of nitrogens with one attached hydrogen (secondary N) is 1. The number of anilines is 1. The van der Waals surface area contributed by atoms with Gasteiger partial charge in [0.1, 0.15) is 5.75 Å². The van der Waals surface area contributed by atoms with Gasteiger partial charge in [-0.2, -0.15) is 0 Å². The van der Waals surface area contributed by atoms with Crippen LogP contribution in [0.3, 0.4) is 0 Å². The lowest BCUT2D eigenvalue weighted by atomic mass is 10.3. The van der Waals surface area contributed by atoms with Gasteiger partial charge in [0.25, 0.3) is 0 Å². The van der Waals surface area contributed by atoms with E-state index in [9.17, 15) is 0 Å². The Kier molecular flexibility index (Phi) is 4.65. The molecule has 19 heavy (non-hydrogen) atoms. The standard InChI is InChI=1S/C13H14ClN3OS/c1-18-12-5-4-9(7-11(12)14)17-13(15)16-8-10-3-2-6-19-10/h2-7H,8H2,1H3,(H3,15,16,17). The van der Waals surface area contributed by atoms with Crippen molar-refractivity contribution >= 4 is 34.6 Å². The minimum Gasteiger partial charge on any atom is -0.495 e. The normalized spacial score (nSPS) is 11.4. The maximum Gasteiger partial charge on any atom is 0.193 e. The van der Waals surface area contributed by atoms with E-state index >= 15 is 0 Å². The summed E-state index contributed by atoms with van der Waals surface area (Å²) in [6, 6.07) is 9.36. The average molecular weight is 296 g/mol. The summed E-state index contributed by atoms with van der Waals surface area (Å²) in [7, 11) is 1.57. The molecule has 4 nitrogen and oxygen atoms in total. The zero-order valence-electron chi connectivity index (χ0n) is 10.4. The van der Waals surface area contributed by atoms with Gasteiger partial charge in [-0.3, -0.25) is 0 Å². The lowest BCUT2D eigenvalue weighted by Crippen LogP contribution is -2.22. The summed E-state index contributed by atoms with van der Waals surface area (Å²) in [5.41, 5.74) is 6.59. The number of hydrogen-bond donors (Lipinski definition) is 2. The van der Waals surface area contributed by atoms with Crippen molar-refractivity contribution in [1.29, 1.82) is 0 Å². The van der Waals surface area contributed by atoms with Gasteiger partial charge >= 0.3 is 0 Å². The topological polar surface area (TPSA) is 59.6 Å². The maximum atomic E-state index is 6.03. The van der Waals surface area contributed by atoms with Crippen LogP contribution in [0.15, 0.2) is 40.7 Å². The zero-order valence-corrected chi connectivity index (χ0v) is 12.0. The van der Waals surface area contributed by atoms with Gasteiger partial charge in [0.2, 0.25) is 0 Å². The second kappa shape index (κ2) is 6.45. The number of aliphatic imine (C=N–C) groups is 1. The van der Waals surface area contributed by atoms with E-state index in [0.717, 1.165) is 10.6 Å². The van der Waals surface area contributed by atoms with E-state index in [4.69, 9.17) is 22.1 Å². The molecule has 0 saturated carbocycles. The van der Waals surface area contributed by atoms with Gasteiger partial charge in [-0.05, 0) is 29.6 Å². The molecule has 1 heterocycles. The fraction of sp³-hybridized carbons (Fsp3) is 0.154. The minimum atomic E-state index is 0.356. The molecule has 1 aromatic carbocycles. The second-order valence-electron chi connectivity index (χ2n) is 3.76. The SMILES string of the molecule is COc1ccc(NC(N)=NCc2cccs2)cc1Cl. The first-order valence-electron chi connectivity index (χ1n) is 5.62. The number of guanidine groups is 1. The van der Waals surface area contributed by atoms with E-state index in [0.29, 0.717) is 23.3 Å². The predicted molar refractivity (Wildman–Crippen MR) is 81.3 cm³/mol. The molecule has 0 unspecified atom stereocenters. The van der Waals surface area contributed by atoms with Crippen molar-refractivity contribution in [2.24, 2.45) is 10.7 Å². The maximum absolute atomic E-state index is 6.03. The molecule has 0 fully saturated rings. The Morgan fingerprint density at radius 1 is 1.47 bits per heavy atom. The molecule has 0 bridgehead atoms. The average Bonchev–Trinajstić information content (AvgIpc) is 2.90. The van der Waals surface area contributed by atoms with E-state index in [2.05, 4.69) is 10.3 Å². The third-order valence-electron chi connectivity index (χ3n) is 2.41. The molecule has 100 valence electrons. The highest BCUT2D eigenvalue weighted by Gasteiger charge is 2.02. The number of benzene rings is 1. The summed E-state index contributed by atoms with van der Waals surface area (Å²) < 4.78 is 5.08. The molecule has 0 spiro atoms. The van der Waals surface area contributed by atoms with Crippen LogP contribution in [0.2, 0.25) is 5.02 Å². The molecule has 0 amide bonds. The predicted octanol–water partition coefficient (Wildman–Crippen LogP) is 3.34. The van der Waals surface area contributed by atoms with Crippen LogP contribution in [0.4, 0.5) is 5.69 Å². The van der Waals surface area contributed by atoms with Crippen molar-refractivity contribution in [2.75, 3.05) is 12.4 Å². The highest BCUT2D eigenvalue weighted by Crippen LogP contribution is 2.27. The number of halogens is 1. The number of nitrogens with zero attached hydrogens (tertiary/aromatic N) is 1. The van der Waals surface area contributed by atoms with E-state index < -0.39 is 0 Å². The molecular weight excluding hydrogens is 282 g/mol. The number of ether oxygens (including phenoxy) is 1. The van der Waals surface area contributed by atoms with Crippen molar-refractivity contribution in [1.82, 2.24) is 0 Å². The molecule has 3 N–H and O–H groups in total. The van der Waals surface area contributed by atoms with Crippen LogP contribution in [0.1, 0.15) is 4.88 Å². The van der Waals surface area contributed by atoms with Gasteiger partial charge in [-0.15, -0.1) is 11.3 Å². The van der Waals surface area contributed by atoms with Gasteiger partial charge in [0.05, 0.1) is 18.7 Å². The number of rotatable bonds is 4. The lowest BCUT2D eigenvalue weighted by molar-refractivity contribution is 0.415. The van der Waals surface area contributed by atoms with Crippen molar-refractivity contribution in [3.05, 3.63) is 45.6 Å². The van der Waals surface area contributed by atoms with Crippen molar-refractivity contribution in [3.63, 3.8) is 0 Å². The summed E-state index contributed by atoms with van der Waals surface area (Å²) in [5.74, 6) is 0.982. The van der Waals surface area contributed by atoms with Gasteiger partial charge in [0, 0.05) is 10.6 Å². The van der Waals surface area contributed by atoms with Crippen molar-refractivity contribution < 1.29 is 4.74 Å². The van der Waals surface area contributed by atoms with Crippen LogP contribution in [0.5, 0.6) is 5.75 Å². The molecule has 1 aromatic heterocycles. The van der Waals surface area contributed by atoms with Gasteiger partial charge in [-0.1, -0.05) is 17.7 Å². The molecule has 0 atom stereocenters. The molecular formula is C13H14ClN3OS. The Bertz CT molecular complexity index is 569. The zero-order chi connectivity index (χ0) is 13.7. The fourth-order valence-electron chi connectivity index (χ4n) is 1.50. The Balaban J connectivity index is 2.00. The molecule has 0 saturated heterocycles. The number of methoxy groups -OCH3 is 1. The van der Waals surface area contributed by atoms with Crippen LogP contribution in [-0.2, 0) is 6.54 Å². The largest absolute Gasteiger partial charge is 0.495 e. The molecule has 2 aromatic rings. The molecule has 0 aliphatic heterocycles. The van der Waals surface area contributed by atoms with Crippen molar-refractivity contribution in [2.45, 2.75) is 6.54 Å². The smallest absolute Gasteiger partial charge is 0.193 e.